The SMILES string of the molecule is Cc1nc(NC#N)cc(N2CCOCC2)n1. The molecule has 0 saturated carbocycles. The summed E-state index contributed by atoms with van der Waals surface area (Å²) >= 11 is 0. The first-order valence-electron chi connectivity index (χ1n) is 5.13. The maximum Gasteiger partial charge on any atom is 0.182 e. The van der Waals surface area contributed by atoms with Gasteiger partial charge in [-0.2, -0.15) is 5.26 Å². The molecule has 1 aromatic rings. The van der Waals surface area contributed by atoms with E-state index in [1.165, 1.54) is 0 Å². The Morgan fingerprint density at radius 3 is 2.88 bits per heavy atom. The summed E-state index contributed by atoms with van der Waals surface area (Å²) in [5.74, 6) is 2.03. The Bertz CT molecular complexity index is 408. The van der Waals surface area contributed by atoms with Crippen molar-refractivity contribution in [2.75, 3.05) is 36.5 Å². The average molecular weight is 219 g/mol. The minimum absolute atomic E-state index is 0.538. The number of morpholine rings is 1. The third kappa shape index (κ3) is 2.38. The molecule has 0 spiro atoms. The van der Waals surface area contributed by atoms with Gasteiger partial charge in [-0.15, -0.1) is 0 Å². The standard InChI is InChI=1S/C10H13N5O/c1-8-13-9(12-7-11)6-10(14-8)15-2-4-16-5-3-15/h6H,2-5H2,1H3,(H,12,13,14). The number of nitriles is 1. The lowest BCUT2D eigenvalue weighted by Crippen LogP contribution is -2.36. The van der Waals surface area contributed by atoms with Gasteiger partial charge in [0, 0.05) is 19.2 Å². The lowest BCUT2D eigenvalue weighted by Gasteiger charge is -2.28. The summed E-state index contributed by atoms with van der Waals surface area (Å²) in [6.45, 7) is 4.88. The summed E-state index contributed by atoms with van der Waals surface area (Å²) in [6, 6.07) is 1.78. The largest absolute Gasteiger partial charge is 0.378 e. The van der Waals surface area contributed by atoms with Gasteiger partial charge in [-0.25, -0.2) is 9.97 Å². The molecule has 1 N–H and O–H groups in total. The molecule has 16 heavy (non-hydrogen) atoms. The van der Waals surface area contributed by atoms with Crippen molar-refractivity contribution >= 4 is 11.6 Å². The van der Waals surface area contributed by atoms with Crippen molar-refractivity contribution in [2.24, 2.45) is 0 Å². The Balaban J connectivity index is 2.22. The van der Waals surface area contributed by atoms with Crippen LogP contribution in [0.5, 0.6) is 0 Å². The number of aromatic nitrogens is 2. The molecule has 0 bridgehead atoms. The highest BCUT2D eigenvalue weighted by molar-refractivity contribution is 5.51. The molecular weight excluding hydrogens is 206 g/mol. The van der Waals surface area contributed by atoms with Gasteiger partial charge in [0.25, 0.3) is 0 Å². The van der Waals surface area contributed by atoms with Crippen molar-refractivity contribution in [3.63, 3.8) is 0 Å². The quantitative estimate of drug-likeness (QED) is 0.577. The highest BCUT2D eigenvalue weighted by atomic mass is 16.5. The molecule has 0 unspecified atom stereocenters. The molecule has 0 aliphatic carbocycles. The zero-order chi connectivity index (χ0) is 11.4. The maximum atomic E-state index is 8.56. The number of hydrogen-bond donors (Lipinski definition) is 1. The lowest BCUT2D eigenvalue weighted by atomic mass is 10.4. The molecule has 1 aliphatic rings. The van der Waals surface area contributed by atoms with E-state index in [-0.39, 0.29) is 0 Å². The summed E-state index contributed by atoms with van der Waals surface area (Å²) < 4.78 is 5.28. The summed E-state index contributed by atoms with van der Waals surface area (Å²) in [6.07, 6.45) is 1.86. The number of rotatable bonds is 2. The molecule has 1 fully saturated rings. The van der Waals surface area contributed by atoms with Crippen LogP contribution in [0.3, 0.4) is 0 Å². The minimum Gasteiger partial charge on any atom is -0.378 e. The number of hydrogen-bond acceptors (Lipinski definition) is 6. The van der Waals surface area contributed by atoms with E-state index >= 15 is 0 Å². The van der Waals surface area contributed by atoms with E-state index in [2.05, 4.69) is 20.2 Å². The summed E-state index contributed by atoms with van der Waals surface area (Å²) in [5.41, 5.74) is 0. The Labute approximate surface area is 93.9 Å². The van der Waals surface area contributed by atoms with Crippen LogP contribution >= 0.6 is 0 Å². The molecule has 0 atom stereocenters. The van der Waals surface area contributed by atoms with Crippen molar-refractivity contribution in [1.29, 1.82) is 5.26 Å². The predicted octanol–water partition coefficient (Wildman–Crippen LogP) is 0.515. The van der Waals surface area contributed by atoms with Crippen LogP contribution in [0.4, 0.5) is 11.6 Å². The molecule has 2 rings (SSSR count). The van der Waals surface area contributed by atoms with E-state index in [1.807, 2.05) is 13.1 Å². The third-order valence-electron chi connectivity index (χ3n) is 2.34. The minimum atomic E-state index is 0.538. The molecule has 0 aromatic carbocycles. The average Bonchev–Trinajstić information content (AvgIpc) is 2.30. The molecule has 0 amide bonds. The first kappa shape index (κ1) is 10.6. The second kappa shape index (κ2) is 4.77. The van der Waals surface area contributed by atoms with E-state index < -0.39 is 0 Å². The second-order valence-electron chi connectivity index (χ2n) is 3.49. The normalized spacial score (nSPS) is 15.6. The molecule has 84 valence electrons. The van der Waals surface area contributed by atoms with Crippen molar-refractivity contribution < 1.29 is 4.74 Å². The molecule has 0 radical (unpaired) electrons. The van der Waals surface area contributed by atoms with Gasteiger partial charge in [-0.3, -0.25) is 5.32 Å². The van der Waals surface area contributed by atoms with Gasteiger partial charge in [0.2, 0.25) is 0 Å². The van der Waals surface area contributed by atoms with Crippen LogP contribution in [0.15, 0.2) is 6.07 Å². The topological polar surface area (TPSA) is 74.1 Å². The van der Waals surface area contributed by atoms with Crippen LogP contribution in [0.25, 0.3) is 0 Å². The Morgan fingerprint density at radius 1 is 1.44 bits per heavy atom. The van der Waals surface area contributed by atoms with Crippen LogP contribution in [0.2, 0.25) is 0 Å². The Kier molecular flexibility index (Phi) is 3.17. The number of ether oxygens (including phenoxy) is 1. The molecule has 1 aromatic heterocycles. The van der Waals surface area contributed by atoms with E-state index in [1.54, 1.807) is 6.07 Å². The predicted molar refractivity (Wildman–Crippen MR) is 59.0 cm³/mol. The van der Waals surface area contributed by atoms with Gasteiger partial charge in [0.15, 0.2) is 6.19 Å². The Morgan fingerprint density at radius 2 is 2.19 bits per heavy atom. The summed E-state index contributed by atoms with van der Waals surface area (Å²) in [7, 11) is 0. The fraction of sp³-hybridized carbons (Fsp3) is 0.500. The number of nitrogens with zero attached hydrogens (tertiary/aromatic N) is 4. The van der Waals surface area contributed by atoms with Gasteiger partial charge in [0.05, 0.1) is 13.2 Å². The zero-order valence-electron chi connectivity index (χ0n) is 9.10. The van der Waals surface area contributed by atoms with Crippen LogP contribution in [-0.4, -0.2) is 36.3 Å². The van der Waals surface area contributed by atoms with Crippen LogP contribution in [0.1, 0.15) is 5.82 Å². The first-order chi connectivity index (χ1) is 7.79. The monoisotopic (exact) mass is 219 g/mol. The fourth-order valence-corrected chi connectivity index (χ4v) is 1.63. The van der Waals surface area contributed by atoms with E-state index in [0.29, 0.717) is 24.9 Å². The van der Waals surface area contributed by atoms with Gasteiger partial charge in [-0.05, 0) is 6.92 Å². The van der Waals surface area contributed by atoms with Crippen LogP contribution < -0.4 is 10.2 Å². The fourth-order valence-electron chi connectivity index (χ4n) is 1.63. The van der Waals surface area contributed by atoms with E-state index in [4.69, 9.17) is 10.00 Å². The van der Waals surface area contributed by atoms with E-state index in [0.717, 1.165) is 18.9 Å². The maximum absolute atomic E-state index is 8.56. The number of anilines is 2. The van der Waals surface area contributed by atoms with Gasteiger partial charge in [0.1, 0.15) is 17.5 Å². The van der Waals surface area contributed by atoms with Gasteiger partial charge >= 0.3 is 0 Å². The molecule has 2 heterocycles. The summed E-state index contributed by atoms with van der Waals surface area (Å²) in [4.78, 5) is 10.6. The molecule has 6 nitrogen and oxygen atoms in total. The zero-order valence-corrected chi connectivity index (χ0v) is 9.10. The number of aryl methyl sites for hydroxylation is 1. The summed E-state index contributed by atoms with van der Waals surface area (Å²) in [5, 5.41) is 11.1. The molecule has 1 saturated heterocycles. The lowest BCUT2D eigenvalue weighted by molar-refractivity contribution is 0.122. The van der Waals surface area contributed by atoms with Crippen molar-refractivity contribution in [2.45, 2.75) is 6.92 Å². The Hall–Kier alpha value is -1.87. The van der Waals surface area contributed by atoms with Crippen molar-refractivity contribution in [1.82, 2.24) is 9.97 Å². The van der Waals surface area contributed by atoms with Gasteiger partial charge < -0.3 is 9.64 Å². The molecule has 1 aliphatic heterocycles. The third-order valence-corrected chi connectivity index (χ3v) is 2.34. The highest BCUT2D eigenvalue weighted by Crippen LogP contribution is 2.16. The highest BCUT2D eigenvalue weighted by Gasteiger charge is 2.13. The van der Waals surface area contributed by atoms with Crippen LogP contribution in [-0.2, 0) is 4.74 Å². The van der Waals surface area contributed by atoms with Crippen molar-refractivity contribution in [3.05, 3.63) is 11.9 Å². The van der Waals surface area contributed by atoms with E-state index in [9.17, 15) is 0 Å². The van der Waals surface area contributed by atoms with Crippen molar-refractivity contribution in [3.8, 4) is 6.19 Å². The van der Waals surface area contributed by atoms with Gasteiger partial charge in [-0.1, -0.05) is 0 Å². The first-order valence-corrected chi connectivity index (χ1v) is 5.13. The molecular formula is C10H13N5O. The van der Waals surface area contributed by atoms with Crippen LogP contribution in [0, 0.1) is 18.4 Å². The number of nitrogens with one attached hydrogen (secondary N) is 1. The smallest absolute Gasteiger partial charge is 0.182 e. The molecule has 6 heteroatoms. The second-order valence-corrected chi connectivity index (χ2v) is 3.49.